The molecular formula is C12H14N4OS. The van der Waals surface area contributed by atoms with Gasteiger partial charge in [0.05, 0.1) is 11.4 Å². The molecule has 0 radical (unpaired) electrons. The standard InChI is InChI=1S/C12H14N4OS/c1-9(17)15-11-4-6-18-12(11)8-13-7-10-3-2-5-14-16-10/h2-6,13H,7-8H2,1H3,(H,15,17). The third-order valence-electron chi connectivity index (χ3n) is 2.28. The van der Waals surface area contributed by atoms with Crippen molar-refractivity contribution in [2.24, 2.45) is 0 Å². The van der Waals surface area contributed by atoms with Crippen LogP contribution >= 0.6 is 11.3 Å². The molecule has 0 aliphatic heterocycles. The number of hydrogen-bond donors (Lipinski definition) is 2. The van der Waals surface area contributed by atoms with E-state index in [4.69, 9.17) is 0 Å². The van der Waals surface area contributed by atoms with E-state index in [1.54, 1.807) is 17.5 Å². The summed E-state index contributed by atoms with van der Waals surface area (Å²) in [5.41, 5.74) is 1.77. The third-order valence-corrected chi connectivity index (χ3v) is 3.20. The van der Waals surface area contributed by atoms with Crippen molar-refractivity contribution >= 4 is 22.9 Å². The van der Waals surface area contributed by atoms with Crippen LogP contribution in [-0.4, -0.2) is 16.1 Å². The number of amides is 1. The summed E-state index contributed by atoms with van der Waals surface area (Å²) >= 11 is 1.61. The van der Waals surface area contributed by atoms with Crippen molar-refractivity contribution in [1.29, 1.82) is 0 Å². The molecule has 2 rings (SSSR count). The van der Waals surface area contributed by atoms with E-state index in [0.29, 0.717) is 13.1 Å². The van der Waals surface area contributed by atoms with Gasteiger partial charge in [0.1, 0.15) is 0 Å². The smallest absolute Gasteiger partial charge is 0.221 e. The molecular weight excluding hydrogens is 248 g/mol. The van der Waals surface area contributed by atoms with Gasteiger partial charge >= 0.3 is 0 Å². The van der Waals surface area contributed by atoms with Crippen LogP contribution in [0.1, 0.15) is 17.5 Å². The maximum atomic E-state index is 11.0. The van der Waals surface area contributed by atoms with Crippen molar-refractivity contribution in [2.45, 2.75) is 20.0 Å². The zero-order valence-electron chi connectivity index (χ0n) is 10.0. The lowest BCUT2D eigenvalue weighted by Gasteiger charge is -2.05. The fourth-order valence-electron chi connectivity index (χ4n) is 1.51. The van der Waals surface area contributed by atoms with Crippen molar-refractivity contribution in [2.75, 3.05) is 5.32 Å². The monoisotopic (exact) mass is 262 g/mol. The minimum absolute atomic E-state index is 0.0522. The molecule has 0 bridgehead atoms. The molecule has 1 amide bonds. The second-order valence-electron chi connectivity index (χ2n) is 3.76. The number of carbonyl (C=O) groups excluding carboxylic acids is 1. The number of nitrogens with one attached hydrogen (secondary N) is 2. The van der Waals surface area contributed by atoms with Gasteiger partial charge in [-0.2, -0.15) is 10.2 Å². The van der Waals surface area contributed by atoms with Crippen molar-refractivity contribution in [3.05, 3.63) is 40.3 Å². The van der Waals surface area contributed by atoms with Crippen LogP contribution in [0.4, 0.5) is 5.69 Å². The molecule has 0 saturated carbocycles. The lowest BCUT2D eigenvalue weighted by atomic mass is 10.3. The van der Waals surface area contributed by atoms with Crippen LogP contribution in [0.2, 0.25) is 0 Å². The van der Waals surface area contributed by atoms with Gasteiger partial charge < -0.3 is 10.6 Å². The second-order valence-corrected chi connectivity index (χ2v) is 4.76. The average molecular weight is 262 g/mol. The van der Waals surface area contributed by atoms with Gasteiger partial charge in [0.25, 0.3) is 0 Å². The first-order valence-corrected chi connectivity index (χ1v) is 6.45. The van der Waals surface area contributed by atoms with E-state index < -0.39 is 0 Å². The maximum Gasteiger partial charge on any atom is 0.221 e. The molecule has 2 aromatic rings. The average Bonchev–Trinajstić information content (AvgIpc) is 2.77. The fraction of sp³-hybridized carbons (Fsp3) is 0.250. The Morgan fingerprint density at radius 1 is 1.39 bits per heavy atom. The number of carbonyl (C=O) groups is 1. The Morgan fingerprint density at radius 3 is 3.00 bits per heavy atom. The lowest BCUT2D eigenvalue weighted by molar-refractivity contribution is -0.114. The maximum absolute atomic E-state index is 11.0. The minimum Gasteiger partial charge on any atom is -0.325 e. The molecule has 0 spiro atoms. The fourth-order valence-corrected chi connectivity index (χ4v) is 2.31. The number of nitrogens with zero attached hydrogens (tertiary/aromatic N) is 2. The number of thiophene rings is 1. The van der Waals surface area contributed by atoms with Gasteiger partial charge in [-0.3, -0.25) is 4.79 Å². The van der Waals surface area contributed by atoms with Crippen LogP contribution in [0.25, 0.3) is 0 Å². The molecule has 6 heteroatoms. The van der Waals surface area contributed by atoms with E-state index in [1.165, 1.54) is 6.92 Å². The van der Waals surface area contributed by atoms with E-state index in [2.05, 4.69) is 20.8 Å². The summed E-state index contributed by atoms with van der Waals surface area (Å²) in [5.74, 6) is -0.0522. The minimum atomic E-state index is -0.0522. The van der Waals surface area contributed by atoms with E-state index in [1.807, 2.05) is 23.6 Å². The normalized spacial score (nSPS) is 10.3. The summed E-state index contributed by atoms with van der Waals surface area (Å²) in [6.07, 6.45) is 1.65. The van der Waals surface area contributed by atoms with Crippen LogP contribution in [-0.2, 0) is 17.9 Å². The number of aromatic nitrogens is 2. The van der Waals surface area contributed by atoms with E-state index >= 15 is 0 Å². The van der Waals surface area contributed by atoms with Crippen LogP contribution < -0.4 is 10.6 Å². The Bertz CT molecular complexity index is 512. The quantitative estimate of drug-likeness (QED) is 0.862. The largest absolute Gasteiger partial charge is 0.325 e. The Hall–Kier alpha value is -1.79. The number of rotatable bonds is 5. The topological polar surface area (TPSA) is 66.9 Å². The second kappa shape index (κ2) is 6.23. The molecule has 2 N–H and O–H groups in total. The molecule has 0 fully saturated rings. The molecule has 0 saturated heterocycles. The van der Waals surface area contributed by atoms with Gasteiger partial charge in [-0.1, -0.05) is 0 Å². The van der Waals surface area contributed by atoms with E-state index in [9.17, 15) is 4.79 Å². The van der Waals surface area contributed by atoms with Gasteiger partial charge in [-0.05, 0) is 23.6 Å². The van der Waals surface area contributed by atoms with E-state index in [-0.39, 0.29) is 5.91 Å². The zero-order valence-corrected chi connectivity index (χ0v) is 10.8. The Kier molecular flexibility index (Phi) is 4.38. The Balaban J connectivity index is 1.87. The van der Waals surface area contributed by atoms with Crippen LogP contribution in [0, 0.1) is 0 Å². The highest BCUT2D eigenvalue weighted by Crippen LogP contribution is 2.21. The molecule has 5 nitrogen and oxygen atoms in total. The van der Waals surface area contributed by atoms with Gasteiger partial charge in [-0.25, -0.2) is 0 Å². The first-order valence-electron chi connectivity index (χ1n) is 5.57. The van der Waals surface area contributed by atoms with Crippen LogP contribution in [0.15, 0.2) is 29.8 Å². The van der Waals surface area contributed by atoms with E-state index in [0.717, 1.165) is 16.3 Å². The first-order chi connectivity index (χ1) is 8.75. The summed E-state index contributed by atoms with van der Waals surface area (Å²) in [4.78, 5) is 12.1. The van der Waals surface area contributed by atoms with Crippen LogP contribution in [0.3, 0.4) is 0 Å². The van der Waals surface area contributed by atoms with Crippen molar-refractivity contribution in [3.63, 3.8) is 0 Å². The third kappa shape index (κ3) is 3.61. The van der Waals surface area contributed by atoms with Crippen LogP contribution in [0.5, 0.6) is 0 Å². The number of hydrogen-bond acceptors (Lipinski definition) is 5. The molecule has 18 heavy (non-hydrogen) atoms. The predicted octanol–water partition coefficient (Wildman–Crippen LogP) is 1.79. The lowest BCUT2D eigenvalue weighted by Crippen LogP contribution is -2.15. The molecule has 94 valence electrons. The Morgan fingerprint density at radius 2 is 2.28 bits per heavy atom. The molecule has 2 heterocycles. The molecule has 0 aliphatic rings. The summed E-state index contributed by atoms with van der Waals surface area (Å²) in [6, 6.07) is 5.69. The summed E-state index contributed by atoms with van der Waals surface area (Å²) in [6.45, 7) is 2.86. The van der Waals surface area contributed by atoms with Crippen molar-refractivity contribution in [3.8, 4) is 0 Å². The predicted molar refractivity (Wildman–Crippen MR) is 71.2 cm³/mol. The van der Waals surface area contributed by atoms with Gasteiger partial charge in [0.2, 0.25) is 5.91 Å². The highest BCUT2D eigenvalue weighted by molar-refractivity contribution is 7.10. The van der Waals surface area contributed by atoms with Gasteiger partial charge in [0.15, 0.2) is 0 Å². The highest BCUT2D eigenvalue weighted by atomic mass is 32.1. The Labute approximate surface area is 109 Å². The SMILES string of the molecule is CC(=O)Nc1ccsc1CNCc1cccnn1. The van der Waals surface area contributed by atoms with Crippen molar-refractivity contribution in [1.82, 2.24) is 15.5 Å². The highest BCUT2D eigenvalue weighted by Gasteiger charge is 2.05. The van der Waals surface area contributed by atoms with Crippen molar-refractivity contribution < 1.29 is 4.79 Å². The zero-order chi connectivity index (χ0) is 12.8. The summed E-state index contributed by atoms with van der Waals surface area (Å²) in [7, 11) is 0. The first kappa shape index (κ1) is 12.7. The molecule has 0 aliphatic carbocycles. The molecule has 2 aromatic heterocycles. The van der Waals surface area contributed by atoms with Gasteiger partial charge in [0, 0.05) is 31.1 Å². The summed E-state index contributed by atoms with van der Waals surface area (Å²) < 4.78 is 0. The number of anilines is 1. The molecule has 0 aromatic carbocycles. The van der Waals surface area contributed by atoms with Gasteiger partial charge in [-0.15, -0.1) is 11.3 Å². The molecule has 0 unspecified atom stereocenters. The molecule has 0 atom stereocenters. The summed E-state index contributed by atoms with van der Waals surface area (Å²) in [5, 5.41) is 15.8.